The van der Waals surface area contributed by atoms with Crippen LogP contribution in [0.1, 0.15) is 19.8 Å². The highest BCUT2D eigenvalue weighted by molar-refractivity contribution is 5.93. The zero-order chi connectivity index (χ0) is 13.7. The van der Waals surface area contributed by atoms with Gasteiger partial charge in [-0.15, -0.1) is 0 Å². The average molecular weight is 263 g/mol. The number of rotatable bonds is 4. The molecule has 3 N–H and O–H groups in total. The third-order valence-corrected chi connectivity index (χ3v) is 3.16. The minimum absolute atomic E-state index is 0.248. The van der Waals surface area contributed by atoms with Gasteiger partial charge in [0.15, 0.2) is 0 Å². The van der Waals surface area contributed by atoms with E-state index >= 15 is 0 Å². The Morgan fingerprint density at radius 1 is 1.37 bits per heavy atom. The maximum Gasteiger partial charge on any atom is 0.319 e. The Labute approximate surface area is 113 Å². The predicted octanol–water partition coefficient (Wildman–Crippen LogP) is 1.79. The first-order valence-corrected chi connectivity index (χ1v) is 6.73. The van der Waals surface area contributed by atoms with Gasteiger partial charge in [-0.3, -0.25) is 0 Å². The normalized spacial score (nSPS) is 16.2. The molecule has 0 aliphatic carbocycles. The van der Waals surface area contributed by atoms with Crippen molar-refractivity contribution in [2.24, 2.45) is 0 Å². The number of amides is 2. The smallest absolute Gasteiger partial charge is 0.319 e. The van der Waals surface area contributed by atoms with Crippen molar-refractivity contribution in [1.82, 2.24) is 5.32 Å². The summed E-state index contributed by atoms with van der Waals surface area (Å²) in [4.78, 5) is 14.0. The number of nitrogens with one attached hydrogen (secondary N) is 2. The highest BCUT2D eigenvalue weighted by Crippen LogP contribution is 2.28. The van der Waals surface area contributed by atoms with Crippen LogP contribution in [-0.2, 0) is 0 Å². The molecule has 1 aliphatic rings. The second-order valence-electron chi connectivity index (χ2n) is 4.90. The van der Waals surface area contributed by atoms with Crippen LogP contribution in [-0.4, -0.2) is 36.9 Å². The van der Waals surface area contributed by atoms with E-state index in [4.69, 9.17) is 5.11 Å². The summed E-state index contributed by atoms with van der Waals surface area (Å²) in [5.74, 6) is 0. The molecule has 0 bridgehead atoms. The zero-order valence-electron chi connectivity index (χ0n) is 11.2. The molecule has 1 saturated heterocycles. The lowest BCUT2D eigenvalue weighted by Gasteiger charge is -2.21. The molecule has 0 radical (unpaired) electrons. The molecule has 0 spiro atoms. The number of aliphatic hydroxyl groups is 1. The summed E-state index contributed by atoms with van der Waals surface area (Å²) in [6.07, 6.45) is 1.85. The number of anilines is 2. The quantitative estimate of drug-likeness (QED) is 0.776. The predicted molar refractivity (Wildman–Crippen MR) is 76.6 cm³/mol. The Morgan fingerprint density at radius 2 is 2.05 bits per heavy atom. The first kappa shape index (κ1) is 13.7. The Morgan fingerprint density at radius 3 is 2.74 bits per heavy atom. The van der Waals surface area contributed by atoms with Gasteiger partial charge < -0.3 is 20.6 Å². The molecule has 1 fully saturated rings. The van der Waals surface area contributed by atoms with Gasteiger partial charge in [0.25, 0.3) is 0 Å². The van der Waals surface area contributed by atoms with Crippen LogP contribution in [0, 0.1) is 0 Å². The number of hydrogen-bond donors (Lipinski definition) is 3. The van der Waals surface area contributed by atoms with Crippen molar-refractivity contribution < 1.29 is 9.90 Å². The van der Waals surface area contributed by atoms with Crippen molar-refractivity contribution in [3.63, 3.8) is 0 Å². The van der Waals surface area contributed by atoms with E-state index in [1.54, 1.807) is 6.92 Å². The van der Waals surface area contributed by atoms with Crippen LogP contribution < -0.4 is 15.5 Å². The molecule has 5 heteroatoms. The zero-order valence-corrected chi connectivity index (χ0v) is 11.2. The van der Waals surface area contributed by atoms with Crippen molar-refractivity contribution in [2.45, 2.75) is 25.9 Å². The van der Waals surface area contributed by atoms with Gasteiger partial charge in [0.2, 0.25) is 0 Å². The Kier molecular flexibility index (Phi) is 4.63. The molecular formula is C14H21N3O2. The lowest BCUT2D eigenvalue weighted by molar-refractivity contribution is 0.190. The van der Waals surface area contributed by atoms with Crippen LogP contribution in [0.2, 0.25) is 0 Å². The fourth-order valence-electron chi connectivity index (χ4n) is 2.22. The molecule has 5 nitrogen and oxygen atoms in total. The Bertz CT molecular complexity index is 428. The van der Waals surface area contributed by atoms with E-state index in [9.17, 15) is 4.79 Å². The maximum atomic E-state index is 11.7. The standard InChI is InChI=1S/C14H21N3O2/c1-11(18)10-15-14(19)16-12-6-2-3-7-13(12)17-8-4-5-9-17/h2-3,6-7,11,18H,4-5,8-10H2,1H3,(H2,15,16,19)/t11-/m0/s1. The van der Waals surface area contributed by atoms with Gasteiger partial charge in [0.1, 0.15) is 0 Å². The van der Waals surface area contributed by atoms with Crippen LogP contribution in [0.3, 0.4) is 0 Å². The fourth-order valence-corrected chi connectivity index (χ4v) is 2.22. The van der Waals surface area contributed by atoms with Crippen LogP contribution in [0.4, 0.5) is 16.2 Å². The molecule has 1 aromatic rings. The number of hydrogen-bond acceptors (Lipinski definition) is 3. The molecule has 0 unspecified atom stereocenters. The topological polar surface area (TPSA) is 64.6 Å². The number of benzene rings is 1. The van der Waals surface area contributed by atoms with Gasteiger partial charge in [0, 0.05) is 19.6 Å². The van der Waals surface area contributed by atoms with Gasteiger partial charge in [0.05, 0.1) is 17.5 Å². The van der Waals surface area contributed by atoms with E-state index in [2.05, 4.69) is 15.5 Å². The SMILES string of the molecule is C[C@H](O)CNC(=O)Nc1ccccc1N1CCCC1. The van der Waals surface area contributed by atoms with E-state index < -0.39 is 6.10 Å². The summed E-state index contributed by atoms with van der Waals surface area (Å²) in [6, 6.07) is 7.52. The van der Waals surface area contributed by atoms with Crippen molar-refractivity contribution >= 4 is 17.4 Å². The molecule has 0 aromatic heterocycles. The van der Waals surface area contributed by atoms with Crippen molar-refractivity contribution in [3.8, 4) is 0 Å². The lowest BCUT2D eigenvalue weighted by Crippen LogP contribution is -2.34. The van der Waals surface area contributed by atoms with Gasteiger partial charge in [-0.1, -0.05) is 12.1 Å². The summed E-state index contributed by atoms with van der Waals surface area (Å²) in [5, 5.41) is 14.6. The number of para-hydroxylation sites is 2. The molecule has 1 atom stereocenters. The minimum atomic E-state index is -0.542. The van der Waals surface area contributed by atoms with Crippen LogP contribution in [0.15, 0.2) is 24.3 Å². The molecule has 19 heavy (non-hydrogen) atoms. The third-order valence-electron chi connectivity index (χ3n) is 3.16. The monoisotopic (exact) mass is 263 g/mol. The summed E-state index contributed by atoms with van der Waals surface area (Å²) in [5.41, 5.74) is 1.87. The second kappa shape index (κ2) is 6.43. The van der Waals surface area contributed by atoms with Crippen LogP contribution >= 0.6 is 0 Å². The Balaban J connectivity index is 2.01. The molecule has 2 rings (SSSR count). The van der Waals surface area contributed by atoms with E-state index in [0.717, 1.165) is 24.5 Å². The van der Waals surface area contributed by atoms with Crippen LogP contribution in [0.5, 0.6) is 0 Å². The number of nitrogens with zero attached hydrogens (tertiary/aromatic N) is 1. The second-order valence-corrected chi connectivity index (χ2v) is 4.90. The summed E-state index contributed by atoms with van der Waals surface area (Å²) >= 11 is 0. The minimum Gasteiger partial charge on any atom is -0.392 e. The first-order chi connectivity index (χ1) is 9.16. The summed E-state index contributed by atoms with van der Waals surface area (Å²) < 4.78 is 0. The Hall–Kier alpha value is -1.75. The lowest BCUT2D eigenvalue weighted by atomic mass is 10.2. The van der Waals surface area contributed by atoms with E-state index in [0.29, 0.717) is 0 Å². The molecule has 0 saturated carbocycles. The molecule has 2 amide bonds. The van der Waals surface area contributed by atoms with E-state index in [-0.39, 0.29) is 12.6 Å². The molecular weight excluding hydrogens is 242 g/mol. The molecule has 1 aliphatic heterocycles. The molecule has 104 valence electrons. The van der Waals surface area contributed by atoms with Gasteiger partial charge in [-0.25, -0.2) is 4.79 Å². The fraction of sp³-hybridized carbons (Fsp3) is 0.500. The average Bonchev–Trinajstić information content (AvgIpc) is 2.91. The largest absolute Gasteiger partial charge is 0.392 e. The number of carbonyl (C=O) groups is 1. The van der Waals surface area contributed by atoms with Crippen molar-refractivity contribution in [1.29, 1.82) is 0 Å². The van der Waals surface area contributed by atoms with E-state index in [1.807, 2.05) is 24.3 Å². The van der Waals surface area contributed by atoms with Gasteiger partial charge >= 0.3 is 6.03 Å². The molecule has 1 heterocycles. The van der Waals surface area contributed by atoms with Crippen molar-refractivity contribution in [2.75, 3.05) is 29.9 Å². The maximum absolute atomic E-state index is 11.7. The number of aliphatic hydroxyl groups excluding tert-OH is 1. The third kappa shape index (κ3) is 3.86. The first-order valence-electron chi connectivity index (χ1n) is 6.73. The number of carbonyl (C=O) groups excluding carboxylic acids is 1. The highest BCUT2D eigenvalue weighted by atomic mass is 16.3. The van der Waals surface area contributed by atoms with E-state index in [1.165, 1.54) is 12.8 Å². The van der Waals surface area contributed by atoms with Gasteiger partial charge in [-0.2, -0.15) is 0 Å². The summed E-state index contributed by atoms with van der Waals surface area (Å²) in [7, 11) is 0. The van der Waals surface area contributed by atoms with Crippen molar-refractivity contribution in [3.05, 3.63) is 24.3 Å². The highest BCUT2D eigenvalue weighted by Gasteiger charge is 2.16. The summed E-state index contributed by atoms with van der Waals surface area (Å²) in [6.45, 7) is 3.96. The molecule has 1 aromatic carbocycles. The number of urea groups is 1. The van der Waals surface area contributed by atoms with Crippen LogP contribution in [0.25, 0.3) is 0 Å². The van der Waals surface area contributed by atoms with Gasteiger partial charge in [-0.05, 0) is 31.9 Å².